The summed E-state index contributed by atoms with van der Waals surface area (Å²) in [6, 6.07) is 5.02. The number of anilines is 1. The van der Waals surface area contributed by atoms with Crippen molar-refractivity contribution in [1.82, 2.24) is 4.90 Å². The van der Waals surface area contributed by atoms with Crippen molar-refractivity contribution in [2.45, 2.75) is 44.7 Å². The lowest BCUT2D eigenvalue weighted by atomic mass is 10.0. The third-order valence-electron chi connectivity index (χ3n) is 4.41. The Labute approximate surface area is 153 Å². The number of hydrogen-bond acceptors (Lipinski definition) is 7. The molecule has 26 heavy (non-hydrogen) atoms. The molecule has 144 valence electrons. The molecular weight excluding hydrogens is 360 g/mol. The van der Waals surface area contributed by atoms with E-state index in [-0.39, 0.29) is 12.4 Å². The van der Waals surface area contributed by atoms with Gasteiger partial charge in [-0.15, -0.1) is 4.40 Å². The number of nitrogens with zero attached hydrogens (tertiary/aromatic N) is 2. The van der Waals surface area contributed by atoms with Crippen LogP contribution in [0, 0.1) is 0 Å². The Kier molecular flexibility index (Phi) is 4.25. The van der Waals surface area contributed by atoms with Crippen LogP contribution in [-0.4, -0.2) is 48.7 Å². The lowest BCUT2D eigenvalue weighted by Crippen LogP contribution is -2.55. The summed E-state index contributed by atoms with van der Waals surface area (Å²) < 4.78 is 31.6. The second kappa shape index (κ2) is 5.93. The smallest absolute Gasteiger partial charge is 0.408 e. The molecule has 1 aromatic rings. The predicted molar refractivity (Wildman–Crippen MR) is 101 cm³/mol. The van der Waals surface area contributed by atoms with E-state index in [1.54, 1.807) is 18.2 Å². The highest BCUT2D eigenvalue weighted by Gasteiger charge is 2.55. The van der Waals surface area contributed by atoms with E-state index in [0.717, 1.165) is 0 Å². The van der Waals surface area contributed by atoms with Gasteiger partial charge in [0.25, 0.3) is 0 Å². The van der Waals surface area contributed by atoms with Crippen molar-refractivity contribution in [2.75, 3.05) is 11.3 Å². The van der Waals surface area contributed by atoms with Crippen LogP contribution < -0.4 is 15.2 Å². The summed E-state index contributed by atoms with van der Waals surface area (Å²) in [6.45, 7) is 5.73. The average Bonchev–Trinajstić information content (AvgIpc) is 3.21. The van der Waals surface area contributed by atoms with Crippen LogP contribution in [0.4, 0.5) is 10.5 Å². The molecule has 6 N–H and O–H groups in total. The Morgan fingerprint density at radius 2 is 2.08 bits per heavy atom. The predicted octanol–water partition coefficient (Wildman–Crippen LogP) is 3.09. The Morgan fingerprint density at radius 3 is 2.62 bits per heavy atom. The normalized spacial score (nSPS) is 20.9. The molecule has 2 aliphatic rings. The number of rotatable bonds is 4. The van der Waals surface area contributed by atoms with Gasteiger partial charge < -0.3 is 15.6 Å². The van der Waals surface area contributed by atoms with E-state index in [4.69, 9.17) is 10.5 Å². The number of hydrogen-bond donors (Lipinski definition) is 5. The number of carboxylic acid groups (broad SMARTS) is 1. The van der Waals surface area contributed by atoms with Crippen LogP contribution in [0.3, 0.4) is 0 Å². The molecule has 1 amide bonds. The minimum absolute atomic E-state index is 0.0369. The molecule has 1 aliphatic heterocycles. The average molecular weight is 384 g/mol. The van der Waals surface area contributed by atoms with Crippen LogP contribution >= 0.6 is 11.0 Å². The van der Waals surface area contributed by atoms with Crippen molar-refractivity contribution >= 4 is 28.6 Å². The maximum Gasteiger partial charge on any atom is 0.408 e. The lowest BCUT2D eigenvalue weighted by Gasteiger charge is -2.40. The van der Waals surface area contributed by atoms with Crippen LogP contribution in [0.5, 0.6) is 5.75 Å². The fourth-order valence-electron chi connectivity index (χ4n) is 3.34. The first kappa shape index (κ1) is 18.6. The molecular formula is C16H24N4O5S. The first-order chi connectivity index (χ1) is 12.0. The molecule has 10 heteroatoms. The van der Waals surface area contributed by atoms with E-state index in [2.05, 4.69) is 9.12 Å². The number of carbonyl (C=O) groups is 1. The molecule has 1 saturated carbocycles. The summed E-state index contributed by atoms with van der Waals surface area (Å²) in [5, 5.41) is 9.64. The van der Waals surface area contributed by atoms with Gasteiger partial charge >= 0.3 is 6.09 Å². The third-order valence-corrected chi connectivity index (χ3v) is 5.36. The van der Waals surface area contributed by atoms with Gasteiger partial charge in [-0.25, -0.2) is 4.79 Å². The van der Waals surface area contributed by atoms with Gasteiger partial charge in [-0.1, -0.05) is 6.07 Å². The van der Waals surface area contributed by atoms with E-state index in [9.17, 15) is 19.0 Å². The fourth-order valence-corrected chi connectivity index (χ4v) is 4.22. The highest BCUT2D eigenvalue weighted by atomic mass is 32.3. The van der Waals surface area contributed by atoms with Crippen LogP contribution in [0.25, 0.3) is 0 Å². The fraction of sp³-hybridized carbons (Fsp3) is 0.500. The molecule has 0 radical (unpaired) electrons. The summed E-state index contributed by atoms with van der Waals surface area (Å²) in [5.74, 6) is 0.377. The first-order valence-corrected chi connectivity index (χ1v) is 9.66. The van der Waals surface area contributed by atoms with Crippen molar-refractivity contribution in [3.8, 4) is 5.75 Å². The number of ether oxygens (including phenoxy) is 1. The molecule has 0 bridgehead atoms. The monoisotopic (exact) mass is 384 g/mol. The summed E-state index contributed by atoms with van der Waals surface area (Å²) in [4.78, 5) is 13.2. The zero-order valence-electron chi connectivity index (χ0n) is 14.9. The Bertz CT molecular complexity index is 770. The van der Waals surface area contributed by atoms with Gasteiger partial charge in [0.15, 0.2) is 5.84 Å². The molecule has 1 aromatic carbocycles. The molecule has 0 atom stereocenters. The Balaban J connectivity index is 1.85. The molecule has 0 aromatic heterocycles. The minimum atomic E-state index is -3.37. The molecule has 0 spiro atoms. The van der Waals surface area contributed by atoms with Crippen molar-refractivity contribution in [3.63, 3.8) is 0 Å². The SMILES string of the molecule is CC(C)(C)N(C(=O)O)C1(COc2cccc3c2C(N)=NS(O)(O)N3)CC1. The van der Waals surface area contributed by atoms with Crippen molar-refractivity contribution in [3.05, 3.63) is 23.8 Å². The molecule has 1 aliphatic carbocycles. The highest BCUT2D eigenvalue weighted by Crippen LogP contribution is 2.48. The highest BCUT2D eigenvalue weighted by molar-refractivity contribution is 8.24. The first-order valence-electron chi connectivity index (χ1n) is 8.16. The summed E-state index contributed by atoms with van der Waals surface area (Å²) >= 11 is 0. The van der Waals surface area contributed by atoms with E-state index in [1.807, 2.05) is 20.8 Å². The molecule has 3 rings (SSSR count). The van der Waals surface area contributed by atoms with Crippen LogP contribution in [0.2, 0.25) is 0 Å². The molecule has 9 nitrogen and oxygen atoms in total. The lowest BCUT2D eigenvalue weighted by molar-refractivity contribution is 0.0399. The number of amidine groups is 1. The number of benzene rings is 1. The standard InChI is InChI=1S/C16H24N4O5S/c1-15(2,3)20(14(21)22)16(7-8-16)9-25-11-6-4-5-10-12(11)13(17)19-26(23,24)18-10/h4-6,18,23-24H,7-9H2,1-3H3,(H2,17,19)(H,21,22). The molecule has 0 unspecified atom stereocenters. The summed E-state index contributed by atoms with van der Waals surface area (Å²) in [6.07, 6.45) is 0.451. The minimum Gasteiger partial charge on any atom is -0.490 e. The topological polar surface area (TPSA) is 141 Å². The van der Waals surface area contributed by atoms with Crippen LogP contribution in [0.1, 0.15) is 39.2 Å². The van der Waals surface area contributed by atoms with Gasteiger partial charge in [0.1, 0.15) is 12.4 Å². The van der Waals surface area contributed by atoms with Gasteiger partial charge in [0.2, 0.25) is 0 Å². The third kappa shape index (κ3) is 3.39. The largest absolute Gasteiger partial charge is 0.490 e. The van der Waals surface area contributed by atoms with Crippen molar-refractivity contribution in [1.29, 1.82) is 0 Å². The zero-order chi connectivity index (χ0) is 19.3. The van der Waals surface area contributed by atoms with Gasteiger partial charge in [0, 0.05) is 5.54 Å². The van der Waals surface area contributed by atoms with Gasteiger partial charge in [0.05, 0.1) is 16.8 Å². The van der Waals surface area contributed by atoms with Crippen LogP contribution in [0.15, 0.2) is 22.6 Å². The Morgan fingerprint density at radius 1 is 1.42 bits per heavy atom. The van der Waals surface area contributed by atoms with Crippen molar-refractivity contribution < 1.29 is 23.7 Å². The quantitative estimate of drug-likeness (QED) is 0.537. The van der Waals surface area contributed by atoms with E-state index >= 15 is 0 Å². The number of nitrogens with two attached hydrogens (primary N) is 1. The van der Waals surface area contributed by atoms with Crippen molar-refractivity contribution in [2.24, 2.45) is 10.1 Å². The summed E-state index contributed by atoms with van der Waals surface area (Å²) in [7, 11) is -3.37. The molecule has 0 saturated heterocycles. The number of nitrogens with one attached hydrogen (secondary N) is 1. The second-order valence-corrected chi connectivity index (χ2v) is 9.00. The summed E-state index contributed by atoms with van der Waals surface area (Å²) in [5.41, 5.74) is 5.59. The van der Waals surface area contributed by atoms with Gasteiger partial charge in [-0.05, 0) is 56.7 Å². The van der Waals surface area contributed by atoms with Gasteiger partial charge in [-0.3, -0.25) is 18.7 Å². The van der Waals surface area contributed by atoms with E-state index in [0.29, 0.717) is 29.8 Å². The Hall–Kier alpha value is -2.17. The van der Waals surface area contributed by atoms with E-state index < -0.39 is 28.1 Å². The van der Waals surface area contributed by atoms with Crippen LogP contribution in [-0.2, 0) is 0 Å². The zero-order valence-corrected chi connectivity index (χ0v) is 15.7. The van der Waals surface area contributed by atoms with E-state index in [1.165, 1.54) is 4.90 Å². The maximum absolute atomic E-state index is 11.8. The molecule has 1 heterocycles. The number of fused-ring (bicyclic) bond motifs is 1. The molecule has 1 fully saturated rings. The maximum atomic E-state index is 11.8. The number of amides is 1. The van der Waals surface area contributed by atoms with Gasteiger partial charge in [-0.2, -0.15) is 0 Å². The second-order valence-electron chi connectivity index (χ2n) is 7.58.